The van der Waals surface area contributed by atoms with Crippen molar-refractivity contribution in [2.24, 2.45) is 11.7 Å². The SMILES string of the molecule is C[C@@H](O[C@H]1CC[C@@H](C2C[C@@](C)(N)C(=O)N2)[C@@H]1c1ccc(F)cc1)c1cc(C(F)(F)F)cc(C(F)(F)F)c1. The van der Waals surface area contributed by atoms with Gasteiger partial charge in [0.15, 0.2) is 0 Å². The number of hydrogen-bond donors (Lipinski definition) is 2. The summed E-state index contributed by atoms with van der Waals surface area (Å²) in [7, 11) is 0. The Balaban J connectivity index is 1.65. The highest BCUT2D eigenvalue weighted by molar-refractivity contribution is 5.88. The molecule has 202 valence electrons. The highest BCUT2D eigenvalue weighted by Crippen LogP contribution is 2.47. The van der Waals surface area contributed by atoms with Gasteiger partial charge in [-0.05, 0) is 80.5 Å². The molecule has 0 bridgehead atoms. The molecule has 3 N–H and O–H groups in total. The first-order valence-electron chi connectivity index (χ1n) is 11.9. The molecule has 1 aliphatic carbocycles. The van der Waals surface area contributed by atoms with E-state index >= 15 is 0 Å². The number of nitrogens with two attached hydrogens (primary N) is 1. The predicted molar refractivity (Wildman–Crippen MR) is 121 cm³/mol. The molecule has 2 aliphatic rings. The average Bonchev–Trinajstić information content (AvgIpc) is 3.32. The second-order valence-corrected chi connectivity index (χ2v) is 10.2. The number of benzene rings is 2. The van der Waals surface area contributed by atoms with Crippen LogP contribution in [0.3, 0.4) is 0 Å². The topological polar surface area (TPSA) is 64.3 Å². The van der Waals surface area contributed by atoms with Crippen molar-refractivity contribution in [3.05, 3.63) is 70.5 Å². The molecule has 37 heavy (non-hydrogen) atoms. The van der Waals surface area contributed by atoms with Crippen LogP contribution in [0.1, 0.15) is 67.4 Å². The van der Waals surface area contributed by atoms with E-state index in [0.29, 0.717) is 37.0 Å². The summed E-state index contributed by atoms with van der Waals surface area (Å²) in [5, 5.41) is 2.91. The summed E-state index contributed by atoms with van der Waals surface area (Å²) in [6, 6.07) is 6.78. The van der Waals surface area contributed by atoms with E-state index in [1.807, 2.05) is 0 Å². The lowest BCUT2D eigenvalue weighted by atomic mass is 9.81. The van der Waals surface area contributed by atoms with E-state index in [1.165, 1.54) is 19.1 Å². The summed E-state index contributed by atoms with van der Waals surface area (Å²) in [6.45, 7) is 3.02. The molecule has 1 amide bonds. The van der Waals surface area contributed by atoms with Gasteiger partial charge in [0.1, 0.15) is 5.82 Å². The number of halogens is 7. The lowest BCUT2D eigenvalue weighted by Gasteiger charge is -2.31. The first-order valence-corrected chi connectivity index (χ1v) is 11.9. The normalized spacial score (nSPS) is 29.4. The average molecular weight is 533 g/mol. The Labute approximate surface area is 209 Å². The molecule has 4 nitrogen and oxygen atoms in total. The minimum absolute atomic E-state index is 0.0791. The van der Waals surface area contributed by atoms with Crippen molar-refractivity contribution in [2.75, 3.05) is 0 Å². The van der Waals surface area contributed by atoms with E-state index in [1.54, 1.807) is 19.1 Å². The van der Waals surface area contributed by atoms with Crippen molar-refractivity contribution in [1.82, 2.24) is 5.32 Å². The highest BCUT2D eigenvalue weighted by atomic mass is 19.4. The molecule has 11 heteroatoms. The first-order chi connectivity index (χ1) is 17.1. The van der Waals surface area contributed by atoms with E-state index < -0.39 is 53.0 Å². The molecular formula is C26H27F7N2O2. The Kier molecular flexibility index (Phi) is 7.09. The van der Waals surface area contributed by atoms with E-state index in [-0.39, 0.29) is 29.5 Å². The van der Waals surface area contributed by atoms with Crippen LogP contribution in [-0.4, -0.2) is 23.6 Å². The Morgan fingerprint density at radius 2 is 1.57 bits per heavy atom. The molecule has 2 aromatic rings. The zero-order chi connectivity index (χ0) is 27.3. The Morgan fingerprint density at radius 3 is 2.05 bits per heavy atom. The van der Waals surface area contributed by atoms with Gasteiger partial charge in [-0.3, -0.25) is 4.79 Å². The van der Waals surface area contributed by atoms with E-state index in [4.69, 9.17) is 10.5 Å². The molecule has 1 aliphatic heterocycles. The second kappa shape index (κ2) is 9.58. The maximum atomic E-state index is 13.6. The summed E-state index contributed by atoms with van der Waals surface area (Å²) in [4.78, 5) is 12.3. The third kappa shape index (κ3) is 5.77. The molecule has 6 atom stereocenters. The number of amides is 1. The van der Waals surface area contributed by atoms with Crippen LogP contribution in [0, 0.1) is 11.7 Å². The largest absolute Gasteiger partial charge is 0.416 e. The number of hydrogen-bond acceptors (Lipinski definition) is 3. The Bertz CT molecular complexity index is 1110. The van der Waals surface area contributed by atoms with Gasteiger partial charge < -0.3 is 15.8 Å². The molecule has 1 saturated carbocycles. The minimum Gasteiger partial charge on any atom is -0.370 e. The van der Waals surface area contributed by atoms with E-state index in [2.05, 4.69) is 5.32 Å². The van der Waals surface area contributed by atoms with Crippen molar-refractivity contribution in [3.8, 4) is 0 Å². The zero-order valence-corrected chi connectivity index (χ0v) is 20.1. The van der Waals surface area contributed by atoms with Crippen molar-refractivity contribution in [1.29, 1.82) is 0 Å². The number of nitrogens with one attached hydrogen (secondary N) is 1. The lowest BCUT2D eigenvalue weighted by Crippen LogP contribution is -2.43. The van der Waals surface area contributed by atoms with Crippen molar-refractivity contribution < 1.29 is 40.3 Å². The summed E-state index contributed by atoms with van der Waals surface area (Å²) in [5.41, 5.74) is 2.63. The van der Waals surface area contributed by atoms with Crippen LogP contribution in [0.25, 0.3) is 0 Å². The molecule has 2 fully saturated rings. The maximum absolute atomic E-state index is 13.6. The molecule has 2 aromatic carbocycles. The monoisotopic (exact) mass is 532 g/mol. The highest BCUT2D eigenvalue weighted by Gasteiger charge is 2.49. The van der Waals surface area contributed by atoms with Gasteiger partial charge in [0, 0.05) is 12.0 Å². The fourth-order valence-corrected chi connectivity index (χ4v) is 5.49. The van der Waals surface area contributed by atoms with Gasteiger partial charge >= 0.3 is 12.4 Å². The Hall–Kier alpha value is -2.66. The molecule has 0 radical (unpaired) electrons. The molecular weight excluding hydrogens is 505 g/mol. The molecule has 0 aromatic heterocycles. The number of alkyl halides is 6. The van der Waals surface area contributed by atoms with Gasteiger partial charge in [0.05, 0.1) is 28.9 Å². The third-order valence-electron chi connectivity index (χ3n) is 7.36. The van der Waals surface area contributed by atoms with Crippen molar-refractivity contribution >= 4 is 5.91 Å². The fraction of sp³-hybridized carbons (Fsp3) is 0.500. The fourth-order valence-electron chi connectivity index (χ4n) is 5.49. The first kappa shape index (κ1) is 27.4. The van der Waals surface area contributed by atoms with Gasteiger partial charge in [0.25, 0.3) is 0 Å². The summed E-state index contributed by atoms with van der Waals surface area (Å²) in [5.74, 6) is -1.34. The van der Waals surface area contributed by atoms with Gasteiger partial charge in [-0.15, -0.1) is 0 Å². The smallest absolute Gasteiger partial charge is 0.370 e. The van der Waals surface area contributed by atoms with E-state index in [0.717, 1.165) is 0 Å². The summed E-state index contributed by atoms with van der Waals surface area (Å²) >= 11 is 0. The molecule has 0 spiro atoms. The van der Waals surface area contributed by atoms with Crippen LogP contribution in [0.15, 0.2) is 42.5 Å². The number of carbonyl (C=O) groups is 1. The number of ether oxygens (including phenoxy) is 1. The van der Waals surface area contributed by atoms with Crippen LogP contribution in [0.4, 0.5) is 30.7 Å². The van der Waals surface area contributed by atoms with E-state index in [9.17, 15) is 35.5 Å². The van der Waals surface area contributed by atoms with Gasteiger partial charge in [-0.1, -0.05) is 12.1 Å². The minimum atomic E-state index is -4.97. The van der Waals surface area contributed by atoms with Gasteiger partial charge in [-0.25, -0.2) is 4.39 Å². The predicted octanol–water partition coefficient (Wildman–Crippen LogP) is 6.11. The van der Waals surface area contributed by atoms with Crippen molar-refractivity contribution in [3.63, 3.8) is 0 Å². The number of carbonyl (C=O) groups excluding carboxylic acids is 1. The lowest BCUT2D eigenvalue weighted by molar-refractivity contribution is -0.143. The summed E-state index contributed by atoms with van der Waals surface area (Å²) < 4.78 is 99.9. The van der Waals surface area contributed by atoms with Gasteiger partial charge in [-0.2, -0.15) is 26.3 Å². The van der Waals surface area contributed by atoms with Gasteiger partial charge in [0.2, 0.25) is 5.91 Å². The quantitative estimate of drug-likeness (QED) is 0.457. The molecule has 1 saturated heterocycles. The number of rotatable bonds is 5. The maximum Gasteiger partial charge on any atom is 0.416 e. The Morgan fingerprint density at radius 1 is 1.00 bits per heavy atom. The van der Waals surface area contributed by atoms with Crippen molar-refractivity contribution in [2.45, 2.75) is 75.2 Å². The zero-order valence-electron chi connectivity index (χ0n) is 20.1. The molecule has 1 heterocycles. The summed E-state index contributed by atoms with van der Waals surface area (Å²) in [6.07, 6.45) is -10.3. The third-order valence-corrected chi connectivity index (χ3v) is 7.36. The molecule has 4 rings (SSSR count). The van der Waals surface area contributed by atoms with Crippen LogP contribution < -0.4 is 11.1 Å². The van der Waals surface area contributed by atoms with Crippen LogP contribution in [-0.2, 0) is 21.9 Å². The molecule has 1 unspecified atom stereocenters. The van der Waals surface area contributed by atoms with Crippen LogP contribution in [0.2, 0.25) is 0 Å². The van der Waals surface area contributed by atoms with Crippen LogP contribution >= 0.6 is 0 Å². The standard InChI is InChI=1S/C26H27F7N2O2/c1-13(15-9-16(25(28,29)30)11-17(10-15)26(31,32)33)37-21-8-7-19(20-12-24(2,34)23(36)35-20)22(21)14-3-5-18(27)6-4-14/h3-6,9-11,13,19-22H,7-8,12,34H2,1-2H3,(H,35,36)/t13-,19+,20?,21+,22+,24-/m1/s1. The van der Waals surface area contributed by atoms with Crippen LogP contribution in [0.5, 0.6) is 0 Å². The second-order valence-electron chi connectivity index (χ2n) is 10.2.